The minimum Gasteiger partial charge on any atom is -0.497 e. The lowest BCUT2D eigenvalue weighted by Crippen LogP contribution is -2.12. The van der Waals surface area contributed by atoms with E-state index in [1.165, 1.54) is 0 Å². The van der Waals surface area contributed by atoms with Crippen LogP contribution in [0.3, 0.4) is 0 Å². The maximum atomic E-state index is 12.7. The number of methoxy groups -OCH3 is 2. The molecule has 0 unspecified atom stereocenters. The highest BCUT2D eigenvalue weighted by molar-refractivity contribution is 6.04. The second kappa shape index (κ2) is 8.99. The molecule has 9 nitrogen and oxygen atoms in total. The number of fused-ring (bicyclic) bond motifs is 1. The van der Waals surface area contributed by atoms with E-state index in [-0.39, 0.29) is 5.91 Å². The summed E-state index contributed by atoms with van der Waals surface area (Å²) < 4.78 is 12.2. The Labute approximate surface area is 195 Å². The van der Waals surface area contributed by atoms with Crippen molar-refractivity contribution < 1.29 is 14.3 Å². The number of hydrogen-bond donors (Lipinski definition) is 1. The first-order valence-corrected chi connectivity index (χ1v) is 10.4. The van der Waals surface area contributed by atoms with Crippen molar-refractivity contribution in [3.05, 3.63) is 84.7 Å². The van der Waals surface area contributed by atoms with Crippen LogP contribution in [0.5, 0.6) is 11.5 Å². The predicted molar refractivity (Wildman–Crippen MR) is 127 cm³/mol. The molecule has 0 radical (unpaired) electrons. The number of amides is 1. The van der Waals surface area contributed by atoms with Crippen molar-refractivity contribution in [1.29, 1.82) is 0 Å². The molecule has 0 aliphatic rings. The lowest BCUT2D eigenvalue weighted by Gasteiger charge is -2.10. The molecular weight excluding hydrogens is 432 g/mol. The van der Waals surface area contributed by atoms with Gasteiger partial charge in [-0.15, -0.1) is 10.2 Å². The Balaban J connectivity index is 1.39. The normalized spacial score (nSPS) is 10.8. The van der Waals surface area contributed by atoms with Gasteiger partial charge >= 0.3 is 0 Å². The second-order valence-electron chi connectivity index (χ2n) is 7.39. The van der Waals surface area contributed by atoms with Gasteiger partial charge in [-0.2, -0.15) is 9.61 Å². The van der Waals surface area contributed by atoms with Crippen molar-refractivity contribution in [3.8, 4) is 34.1 Å². The minimum atomic E-state index is -0.268. The fraction of sp³-hybridized carbons (Fsp3) is 0.0800. The maximum Gasteiger partial charge on any atom is 0.255 e. The second-order valence-corrected chi connectivity index (χ2v) is 7.39. The zero-order valence-corrected chi connectivity index (χ0v) is 18.5. The zero-order valence-electron chi connectivity index (χ0n) is 18.5. The molecule has 1 N–H and O–H groups in total. The Hall–Kier alpha value is -4.79. The Kier molecular flexibility index (Phi) is 5.57. The highest BCUT2D eigenvalue weighted by Crippen LogP contribution is 2.25. The summed E-state index contributed by atoms with van der Waals surface area (Å²) in [5, 5.41) is 16.0. The van der Waals surface area contributed by atoms with Crippen molar-refractivity contribution in [2.24, 2.45) is 0 Å². The van der Waals surface area contributed by atoms with Crippen LogP contribution < -0.4 is 14.8 Å². The van der Waals surface area contributed by atoms with Crippen molar-refractivity contribution in [3.63, 3.8) is 0 Å². The quantitative estimate of drug-likeness (QED) is 0.413. The third kappa shape index (κ3) is 4.14. The molecule has 0 saturated carbocycles. The van der Waals surface area contributed by atoms with E-state index >= 15 is 0 Å². The Morgan fingerprint density at radius 2 is 1.65 bits per heavy atom. The molecule has 3 aromatic heterocycles. The summed E-state index contributed by atoms with van der Waals surface area (Å²) in [6.07, 6.45) is 3.43. The van der Waals surface area contributed by atoms with Gasteiger partial charge in [0, 0.05) is 40.8 Å². The largest absolute Gasteiger partial charge is 0.497 e. The molecule has 0 bridgehead atoms. The number of nitrogens with zero attached hydrogens (tertiary/aromatic N) is 5. The van der Waals surface area contributed by atoms with Gasteiger partial charge in [-0.1, -0.05) is 12.1 Å². The Morgan fingerprint density at radius 3 is 2.32 bits per heavy atom. The van der Waals surface area contributed by atoms with Gasteiger partial charge in [0.05, 0.1) is 19.9 Å². The molecule has 0 aliphatic carbocycles. The summed E-state index contributed by atoms with van der Waals surface area (Å²) >= 11 is 0. The van der Waals surface area contributed by atoms with E-state index in [4.69, 9.17) is 14.6 Å². The van der Waals surface area contributed by atoms with Crippen LogP contribution in [-0.2, 0) is 0 Å². The maximum absolute atomic E-state index is 12.7. The van der Waals surface area contributed by atoms with E-state index in [2.05, 4.69) is 20.5 Å². The van der Waals surface area contributed by atoms with Crippen LogP contribution in [0.2, 0.25) is 0 Å². The lowest BCUT2D eigenvalue weighted by molar-refractivity contribution is 0.102. The summed E-state index contributed by atoms with van der Waals surface area (Å²) in [6.45, 7) is 0. The number of anilines is 1. The van der Waals surface area contributed by atoms with E-state index in [0.29, 0.717) is 34.2 Å². The summed E-state index contributed by atoms with van der Waals surface area (Å²) in [6, 6.07) is 20.0. The summed E-state index contributed by atoms with van der Waals surface area (Å²) in [5.41, 5.74) is 4.17. The highest BCUT2D eigenvalue weighted by atomic mass is 16.5. The lowest BCUT2D eigenvalue weighted by atomic mass is 10.1. The van der Waals surface area contributed by atoms with Crippen LogP contribution in [0.15, 0.2) is 79.1 Å². The smallest absolute Gasteiger partial charge is 0.255 e. The standard InChI is InChI=1S/C25H20N6O3/c1-33-20-12-18(13-21(14-20)34-2)25(32)27-19-7-5-16(6-8-19)22-9-10-23-28-29-24(31(23)30-22)17-4-3-11-26-15-17/h3-15H,1-2H3,(H,27,32). The number of hydrogen-bond acceptors (Lipinski definition) is 7. The van der Waals surface area contributed by atoms with Crippen molar-refractivity contribution in [2.45, 2.75) is 0 Å². The molecule has 5 aromatic rings. The topological polar surface area (TPSA) is 104 Å². The highest BCUT2D eigenvalue weighted by Gasteiger charge is 2.13. The first-order valence-electron chi connectivity index (χ1n) is 10.4. The number of rotatable bonds is 6. The number of pyridine rings is 1. The van der Waals surface area contributed by atoms with E-state index in [9.17, 15) is 4.79 Å². The van der Waals surface area contributed by atoms with Crippen molar-refractivity contribution in [2.75, 3.05) is 19.5 Å². The van der Waals surface area contributed by atoms with Crippen LogP contribution in [0.25, 0.3) is 28.3 Å². The molecule has 0 aliphatic heterocycles. The molecule has 9 heteroatoms. The molecular formula is C25H20N6O3. The van der Waals surface area contributed by atoms with Gasteiger partial charge in [-0.3, -0.25) is 9.78 Å². The molecule has 168 valence electrons. The van der Waals surface area contributed by atoms with Crippen LogP contribution >= 0.6 is 0 Å². The third-order valence-electron chi connectivity index (χ3n) is 5.23. The first kappa shape index (κ1) is 21.1. The molecule has 2 aromatic carbocycles. The summed E-state index contributed by atoms with van der Waals surface area (Å²) in [7, 11) is 3.08. The Morgan fingerprint density at radius 1 is 0.882 bits per heavy atom. The fourth-order valence-electron chi connectivity index (χ4n) is 3.48. The van der Waals surface area contributed by atoms with Crippen LogP contribution in [0.1, 0.15) is 10.4 Å². The molecule has 1 amide bonds. The van der Waals surface area contributed by atoms with Gasteiger partial charge in [0.2, 0.25) is 0 Å². The molecule has 0 atom stereocenters. The van der Waals surface area contributed by atoms with Crippen molar-refractivity contribution >= 4 is 17.2 Å². The zero-order chi connectivity index (χ0) is 23.5. The summed E-state index contributed by atoms with van der Waals surface area (Å²) in [5.74, 6) is 1.43. The van der Waals surface area contributed by atoms with Gasteiger partial charge in [0.1, 0.15) is 11.5 Å². The van der Waals surface area contributed by atoms with Gasteiger partial charge in [-0.05, 0) is 48.5 Å². The van der Waals surface area contributed by atoms with Crippen LogP contribution in [0, 0.1) is 0 Å². The molecule has 3 heterocycles. The molecule has 5 rings (SSSR count). The summed E-state index contributed by atoms with van der Waals surface area (Å²) in [4.78, 5) is 16.9. The van der Waals surface area contributed by atoms with E-state index in [1.807, 2.05) is 48.5 Å². The number of carbonyl (C=O) groups is 1. The SMILES string of the molecule is COc1cc(OC)cc(C(=O)Nc2ccc(-c3ccc4nnc(-c5cccnc5)n4n3)cc2)c1. The van der Waals surface area contributed by atoms with Gasteiger partial charge in [0.25, 0.3) is 5.91 Å². The third-order valence-corrected chi connectivity index (χ3v) is 5.23. The number of nitrogens with one attached hydrogen (secondary N) is 1. The van der Waals surface area contributed by atoms with Gasteiger partial charge in [-0.25, -0.2) is 0 Å². The molecule has 0 fully saturated rings. The number of ether oxygens (including phenoxy) is 2. The molecule has 34 heavy (non-hydrogen) atoms. The van der Waals surface area contributed by atoms with E-state index < -0.39 is 0 Å². The average Bonchev–Trinajstić information content (AvgIpc) is 3.32. The molecule has 0 saturated heterocycles. The number of benzene rings is 2. The van der Waals surface area contributed by atoms with Crippen LogP contribution in [0.4, 0.5) is 5.69 Å². The number of aromatic nitrogens is 5. The van der Waals surface area contributed by atoms with E-state index in [0.717, 1.165) is 16.8 Å². The van der Waals surface area contributed by atoms with Gasteiger partial charge < -0.3 is 14.8 Å². The first-order chi connectivity index (χ1) is 16.6. The average molecular weight is 452 g/mol. The van der Waals surface area contributed by atoms with Crippen LogP contribution in [-0.4, -0.2) is 44.9 Å². The van der Waals surface area contributed by atoms with E-state index in [1.54, 1.807) is 49.3 Å². The Bertz CT molecular complexity index is 1440. The number of carbonyl (C=O) groups excluding carboxylic acids is 1. The van der Waals surface area contributed by atoms with Crippen molar-refractivity contribution in [1.82, 2.24) is 24.8 Å². The molecule has 0 spiro atoms. The monoisotopic (exact) mass is 452 g/mol. The minimum absolute atomic E-state index is 0.268. The van der Waals surface area contributed by atoms with Gasteiger partial charge in [0.15, 0.2) is 11.5 Å². The predicted octanol–water partition coefficient (Wildman–Crippen LogP) is 4.12. The fourth-order valence-corrected chi connectivity index (χ4v) is 3.48.